The van der Waals surface area contributed by atoms with Crippen molar-refractivity contribution in [1.29, 1.82) is 0 Å². The summed E-state index contributed by atoms with van der Waals surface area (Å²) in [5.74, 6) is 3.10. The van der Waals surface area contributed by atoms with Crippen LogP contribution in [-0.4, -0.2) is 30.3 Å². The second-order valence-corrected chi connectivity index (χ2v) is 5.82. The van der Waals surface area contributed by atoms with Crippen molar-refractivity contribution in [2.45, 2.75) is 13.3 Å². The Kier molecular flexibility index (Phi) is 8.07. The molecule has 28 heavy (non-hydrogen) atoms. The summed E-state index contributed by atoms with van der Waals surface area (Å²) in [6, 6.07) is 6.81. The van der Waals surface area contributed by atoms with Crippen molar-refractivity contribution in [1.82, 2.24) is 10.4 Å². The van der Waals surface area contributed by atoms with Gasteiger partial charge in [0.25, 0.3) is 5.91 Å². The molecule has 2 rings (SSSR count). The second-order valence-electron chi connectivity index (χ2n) is 5.47. The second kappa shape index (κ2) is 10.8. The molecule has 1 amide bonds. The summed E-state index contributed by atoms with van der Waals surface area (Å²) in [5, 5.41) is 4.10. The summed E-state index contributed by atoms with van der Waals surface area (Å²) in [6.45, 7) is 6.22. The maximum Gasteiger partial charge on any atom is 0.274 e. The predicted molar refractivity (Wildman–Crippen MR) is 110 cm³/mol. The predicted octanol–water partition coefficient (Wildman–Crippen LogP) is 3.64. The number of pyridine rings is 1. The molecule has 6 nitrogen and oxygen atoms in total. The van der Waals surface area contributed by atoms with Crippen LogP contribution in [0.5, 0.6) is 11.5 Å². The van der Waals surface area contributed by atoms with E-state index in [1.165, 1.54) is 12.4 Å². The van der Waals surface area contributed by atoms with E-state index in [2.05, 4.69) is 28.0 Å². The van der Waals surface area contributed by atoms with Gasteiger partial charge in [0.2, 0.25) is 0 Å². The molecule has 144 valence electrons. The molecule has 0 unspecified atom stereocenters. The maximum absolute atomic E-state index is 12.1. The lowest BCUT2D eigenvalue weighted by Gasteiger charge is -2.15. The Morgan fingerprint density at radius 3 is 2.96 bits per heavy atom. The number of hydrogen-bond acceptors (Lipinski definition) is 5. The highest BCUT2D eigenvalue weighted by atomic mass is 35.5. The van der Waals surface area contributed by atoms with E-state index in [1.807, 2.05) is 13.0 Å². The molecule has 0 aliphatic carbocycles. The zero-order chi connectivity index (χ0) is 20.4. The number of hydrazone groups is 1. The van der Waals surface area contributed by atoms with E-state index in [0.717, 1.165) is 5.56 Å². The van der Waals surface area contributed by atoms with Crippen LogP contribution in [0, 0.1) is 12.3 Å². The standard InChI is InChI=1S/C21H20ClN3O3/c1-4-8-16-12-15(13-18(27-6-3)19(16)28-11-5-2)14-24-25-21(26)17-9-7-10-23-20(17)22/h2,4,7,9-10,12-14H,1,6,8,11H2,3H3,(H,25,26). The topological polar surface area (TPSA) is 72.8 Å². The summed E-state index contributed by atoms with van der Waals surface area (Å²) in [5.41, 5.74) is 4.23. The average Bonchev–Trinajstić information content (AvgIpc) is 2.68. The first-order valence-corrected chi connectivity index (χ1v) is 8.89. The summed E-state index contributed by atoms with van der Waals surface area (Å²) < 4.78 is 11.3. The van der Waals surface area contributed by atoms with Crippen LogP contribution in [0.15, 0.2) is 48.2 Å². The number of carbonyl (C=O) groups excluding carboxylic acids is 1. The van der Waals surface area contributed by atoms with Gasteiger partial charge in [0, 0.05) is 11.8 Å². The fourth-order valence-electron chi connectivity index (χ4n) is 2.39. The van der Waals surface area contributed by atoms with Gasteiger partial charge in [0.05, 0.1) is 18.4 Å². The number of carbonyl (C=O) groups is 1. The number of halogens is 1. The number of aromatic nitrogens is 1. The summed E-state index contributed by atoms with van der Waals surface area (Å²) >= 11 is 5.91. The Balaban J connectivity index is 2.25. The molecule has 1 aromatic heterocycles. The van der Waals surface area contributed by atoms with Crippen LogP contribution in [0.2, 0.25) is 5.15 Å². The van der Waals surface area contributed by atoms with Crippen LogP contribution in [0.1, 0.15) is 28.4 Å². The molecule has 7 heteroatoms. The smallest absolute Gasteiger partial charge is 0.274 e. The molecule has 0 aliphatic heterocycles. The molecule has 0 aliphatic rings. The summed E-state index contributed by atoms with van der Waals surface area (Å²) in [4.78, 5) is 16.0. The van der Waals surface area contributed by atoms with Gasteiger partial charge in [-0.1, -0.05) is 23.6 Å². The van der Waals surface area contributed by atoms with Crippen LogP contribution < -0.4 is 14.9 Å². The normalized spacial score (nSPS) is 10.3. The SMILES string of the molecule is C#CCOc1c(CC=C)cc(C=NNC(=O)c2cccnc2Cl)cc1OCC. The zero-order valence-corrected chi connectivity index (χ0v) is 16.2. The molecule has 1 heterocycles. The third kappa shape index (κ3) is 5.60. The van der Waals surface area contributed by atoms with Crippen molar-refractivity contribution in [2.75, 3.05) is 13.2 Å². The largest absolute Gasteiger partial charge is 0.490 e. The van der Waals surface area contributed by atoms with E-state index in [-0.39, 0.29) is 17.3 Å². The number of nitrogens with zero attached hydrogens (tertiary/aromatic N) is 2. The van der Waals surface area contributed by atoms with Crippen molar-refractivity contribution in [3.05, 3.63) is 65.0 Å². The number of nitrogens with one attached hydrogen (secondary N) is 1. The van der Waals surface area contributed by atoms with Crippen LogP contribution in [0.3, 0.4) is 0 Å². The van der Waals surface area contributed by atoms with Gasteiger partial charge in [-0.3, -0.25) is 4.79 Å². The zero-order valence-electron chi connectivity index (χ0n) is 15.4. The molecular weight excluding hydrogens is 378 g/mol. The fourth-order valence-corrected chi connectivity index (χ4v) is 2.59. The Morgan fingerprint density at radius 2 is 2.29 bits per heavy atom. The van der Waals surface area contributed by atoms with E-state index in [4.69, 9.17) is 27.5 Å². The van der Waals surface area contributed by atoms with E-state index in [1.54, 1.807) is 24.3 Å². The first-order chi connectivity index (χ1) is 13.6. The van der Waals surface area contributed by atoms with Crippen molar-refractivity contribution < 1.29 is 14.3 Å². The number of ether oxygens (including phenoxy) is 2. The molecule has 0 spiro atoms. The number of terminal acetylenes is 1. The van der Waals surface area contributed by atoms with Gasteiger partial charge in [0.15, 0.2) is 11.5 Å². The van der Waals surface area contributed by atoms with Crippen molar-refractivity contribution >= 4 is 23.7 Å². The number of amides is 1. The highest BCUT2D eigenvalue weighted by Crippen LogP contribution is 2.33. The van der Waals surface area contributed by atoms with Crippen molar-refractivity contribution in [2.24, 2.45) is 5.10 Å². The molecule has 1 aromatic carbocycles. The van der Waals surface area contributed by atoms with Crippen LogP contribution in [0.25, 0.3) is 0 Å². The third-order valence-corrected chi connectivity index (χ3v) is 3.80. The minimum Gasteiger partial charge on any atom is -0.490 e. The monoisotopic (exact) mass is 397 g/mol. The average molecular weight is 398 g/mol. The Hall–Kier alpha value is -3.30. The Morgan fingerprint density at radius 1 is 1.46 bits per heavy atom. The van der Waals surface area contributed by atoms with E-state index < -0.39 is 5.91 Å². The lowest BCUT2D eigenvalue weighted by molar-refractivity contribution is 0.0955. The number of allylic oxidation sites excluding steroid dienone is 1. The van der Waals surface area contributed by atoms with Crippen LogP contribution >= 0.6 is 11.6 Å². The van der Waals surface area contributed by atoms with Gasteiger partial charge in [-0.25, -0.2) is 10.4 Å². The first kappa shape index (κ1) is 21.0. The Bertz CT molecular complexity index is 920. The number of rotatable bonds is 9. The van der Waals surface area contributed by atoms with Gasteiger partial charge in [-0.15, -0.1) is 13.0 Å². The minimum atomic E-state index is -0.459. The number of hydrogen-bond donors (Lipinski definition) is 1. The van der Waals surface area contributed by atoms with E-state index in [9.17, 15) is 4.79 Å². The molecule has 0 bridgehead atoms. The van der Waals surface area contributed by atoms with Gasteiger partial charge >= 0.3 is 0 Å². The summed E-state index contributed by atoms with van der Waals surface area (Å²) in [7, 11) is 0. The van der Waals surface area contributed by atoms with Crippen LogP contribution in [0.4, 0.5) is 0 Å². The highest BCUT2D eigenvalue weighted by molar-refractivity contribution is 6.32. The maximum atomic E-state index is 12.1. The van der Waals surface area contributed by atoms with Gasteiger partial charge in [-0.05, 0) is 43.2 Å². The first-order valence-electron chi connectivity index (χ1n) is 8.51. The van der Waals surface area contributed by atoms with Gasteiger partial charge in [-0.2, -0.15) is 5.10 Å². The number of benzene rings is 1. The van der Waals surface area contributed by atoms with Crippen molar-refractivity contribution in [3.8, 4) is 23.8 Å². The molecule has 0 saturated carbocycles. The molecular formula is C21H20ClN3O3. The van der Waals surface area contributed by atoms with Gasteiger partial charge < -0.3 is 9.47 Å². The summed E-state index contributed by atoms with van der Waals surface area (Å²) in [6.07, 6.45) is 10.6. The minimum absolute atomic E-state index is 0.108. The highest BCUT2D eigenvalue weighted by Gasteiger charge is 2.13. The third-order valence-electron chi connectivity index (χ3n) is 3.50. The van der Waals surface area contributed by atoms with Crippen LogP contribution in [-0.2, 0) is 6.42 Å². The molecule has 1 N–H and O–H groups in total. The molecule has 2 aromatic rings. The van der Waals surface area contributed by atoms with E-state index in [0.29, 0.717) is 30.1 Å². The fraction of sp³-hybridized carbons (Fsp3) is 0.190. The quantitative estimate of drug-likeness (QED) is 0.230. The van der Waals surface area contributed by atoms with Gasteiger partial charge in [0.1, 0.15) is 11.8 Å². The molecule has 0 atom stereocenters. The van der Waals surface area contributed by atoms with Crippen molar-refractivity contribution in [3.63, 3.8) is 0 Å². The molecule has 0 saturated heterocycles. The lowest BCUT2D eigenvalue weighted by Crippen LogP contribution is -2.18. The molecule has 0 radical (unpaired) electrons. The Labute approximate surface area is 169 Å². The molecule has 0 fully saturated rings. The lowest BCUT2D eigenvalue weighted by atomic mass is 10.1. The van der Waals surface area contributed by atoms with E-state index >= 15 is 0 Å².